The first-order chi connectivity index (χ1) is 8.56. The van der Waals surface area contributed by atoms with Gasteiger partial charge in [0.15, 0.2) is 6.61 Å². The van der Waals surface area contributed by atoms with Gasteiger partial charge in [0.1, 0.15) is 5.75 Å². The summed E-state index contributed by atoms with van der Waals surface area (Å²) in [5, 5.41) is 0.691. The Kier molecular flexibility index (Phi) is 4.43. The van der Waals surface area contributed by atoms with Crippen LogP contribution < -0.4 is 4.74 Å². The second kappa shape index (κ2) is 5.87. The van der Waals surface area contributed by atoms with Crippen LogP contribution in [0.1, 0.15) is 15.2 Å². The zero-order valence-electron chi connectivity index (χ0n) is 9.57. The predicted octanol–water partition coefficient (Wildman–Crippen LogP) is 4.73. The summed E-state index contributed by atoms with van der Waals surface area (Å²) in [5.41, 5.74) is 0.931. The molecule has 0 aliphatic carbocycles. The molecule has 18 heavy (non-hydrogen) atoms. The number of rotatable bonds is 4. The van der Waals surface area contributed by atoms with Crippen molar-refractivity contribution >= 4 is 44.7 Å². The van der Waals surface area contributed by atoms with E-state index in [4.69, 9.17) is 16.3 Å². The first-order valence-corrected chi connectivity index (χ1v) is 7.22. The molecule has 0 unspecified atom stereocenters. The molecule has 0 atom stereocenters. The Morgan fingerprint density at radius 2 is 2.17 bits per heavy atom. The molecule has 0 aliphatic rings. The van der Waals surface area contributed by atoms with Crippen LogP contribution in [0.4, 0.5) is 0 Å². The molecule has 0 saturated carbocycles. The van der Waals surface area contributed by atoms with Crippen LogP contribution in [0, 0.1) is 6.92 Å². The number of aryl methyl sites for hydroxylation is 1. The van der Waals surface area contributed by atoms with Crippen LogP contribution in [0.2, 0.25) is 5.02 Å². The summed E-state index contributed by atoms with van der Waals surface area (Å²) in [6.07, 6.45) is 0. The first-order valence-electron chi connectivity index (χ1n) is 5.24. The Balaban J connectivity index is 1.99. The van der Waals surface area contributed by atoms with E-state index in [2.05, 4.69) is 15.9 Å². The van der Waals surface area contributed by atoms with Gasteiger partial charge in [-0.3, -0.25) is 4.79 Å². The van der Waals surface area contributed by atoms with Gasteiger partial charge < -0.3 is 4.74 Å². The van der Waals surface area contributed by atoms with Crippen molar-refractivity contribution in [3.8, 4) is 5.75 Å². The number of thiophene rings is 1. The number of carbonyl (C=O) groups is 1. The van der Waals surface area contributed by atoms with E-state index in [1.807, 2.05) is 19.1 Å². The van der Waals surface area contributed by atoms with E-state index >= 15 is 0 Å². The van der Waals surface area contributed by atoms with Crippen molar-refractivity contribution in [2.24, 2.45) is 0 Å². The number of hydrogen-bond donors (Lipinski definition) is 0. The number of ether oxygens (including phenoxy) is 1. The van der Waals surface area contributed by atoms with E-state index in [1.54, 1.807) is 18.2 Å². The monoisotopic (exact) mass is 344 g/mol. The standard InChI is InChI=1S/C13H10BrClO2S/c1-8-6-9(2-3-10(8)15)17-7-11(16)12-4-5-13(14)18-12/h2-6H,7H2,1H3. The largest absolute Gasteiger partial charge is 0.485 e. The number of carbonyl (C=O) groups excluding carboxylic acids is 1. The van der Waals surface area contributed by atoms with Crippen molar-refractivity contribution in [1.29, 1.82) is 0 Å². The summed E-state index contributed by atoms with van der Waals surface area (Å²) in [7, 11) is 0. The van der Waals surface area contributed by atoms with E-state index in [9.17, 15) is 4.79 Å². The van der Waals surface area contributed by atoms with Gasteiger partial charge in [0.25, 0.3) is 0 Å². The zero-order valence-corrected chi connectivity index (χ0v) is 12.7. The smallest absolute Gasteiger partial charge is 0.210 e. The Labute approximate surface area is 123 Å². The minimum absolute atomic E-state index is 0.0293. The molecule has 2 nitrogen and oxygen atoms in total. The lowest BCUT2D eigenvalue weighted by molar-refractivity contribution is 0.0925. The average molecular weight is 346 g/mol. The van der Waals surface area contributed by atoms with Gasteiger partial charge in [-0.05, 0) is 58.7 Å². The van der Waals surface area contributed by atoms with Crippen LogP contribution >= 0.6 is 38.9 Å². The molecule has 2 rings (SSSR count). The van der Waals surface area contributed by atoms with E-state index in [-0.39, 0.29) is 12.4 Å². The van der Waals surface area contributed by atoms with Gasteiger partial charge in [0.05, 0.1) is 8.66 Å². The second-order valence-electron chi connectivity index (χ2n) is 3.73. The van der Waals surface area contributed by atoms with Gasteiger partial charge in [-0.15, -0.1) is 11.3 Å². The van der Waals surface area contributed by atoms with E-state index in [0.29, 0.717) is 15.6 Å². The topological polar surface area (TPSA) is 26.3 Å². The van der Waals surface area contributed by atoms with Crippen LogP contribution in [0.25, 0.3) is 0 Å². The summed E-state index contributed by atoms with van der Waals surface area (Å²) in [5.74, 6) is 0.624. The van der Waals surface area contributed by atoms with Gasteiger partial charge in [0.2, 0.25) is 5.78 Å². The molecule has 0 amide bonds. The number of benzene rings is 1. The van der Waals surface area contributed by atoms with E-state index in [1.165, 1.54) is 11.3 Å². The Morgan fingerprint density at radius 1 is 1.39 bits per heavy atom. The highest BCUT2D eigenvalue weighted by Gasteiger charge is 2.09. The molecule has 94 valence electrons. The molecule has 0 spiro atoms. The quantitative estimate of drug-likeness (QED) is 0.749. The lowest BCUT2D eigenvalue weighted by Gasteiger charge is -2.06. The van der Waals surface area contributed by atoms with Crippen LogP contribution in [0.3, 0.4) is 0 Å². The SMILES string of the molecule is Cc1cc(OCC(=O)c2ccc(Br)s2)ccc1Cl. The third-order valence-electron chi connectivity index (χ3n) is 2.35. The molecule has 1 heterocycles. The van der Waals surface area contributed by atoms with Crippen molar-refractivity contribution in [2.75, 3.05) is 6.61 Å². The van der Waals surface area contributed by atoms with Crippen LogP contribution in [0.15, 0.2) is 34.1 Å². The van der Waals surface area contributed by atoms with E-state index in [0.717, 1.165) is 9.35 Å². The lowest BCUT2D eigenvalue weighted by Crippen LogP contribution is -2.10. The van der Waals surface area contributed by atoms with Crippen molar-refractivity contribution in [2.45, 2.75) is 6.92 Å². The number of ketones is 1. The molecule has 1 aromatic heterocycles. The molecule has 0 N–H and O–H groups in total. The molecule has 0 aliphatic heterocycles. The van der Waals surface area contributed by atoms with Crippen molar-refractivity contribution in [1.82, 2.24) is 0 Å². The molecule has 0 saturated heterocycles. The molecular weight excluding hydrogens is 336 g/mol. The van der Waals surface area contributed by atoms with Crippen LogP contribution in [0.5, 0.6) is 5.75 Å². The molecular formula is C13H10BrClO2S. The maximum atomic E-state index is 11.8. The third kappa shape index (κ3) is 3.34. The molecule has 0 fully saturated rings. The number of halogens is 2. The molecule has 5 heteroatoms. The fourth-order valence-electron chi connectivity index (χ4n) is 1.39. The highest BCUT2D eigenvalue weighted by atomic mass is 79.9. The summed E-state index contributed by atoms with van der Waals surface area (Å²) >= 11 is 10.6. The number of Topliss-reactive ketones (excluding diaryl/α,β-unsaturated/α-hetero) is 1. The summed E-state index contributed by atoms with van der Waals surface area (Å²) < 4.78 is 6.39. The van der Waals surface area contributed by atoms with Crippen molar-refractivity contribution in [3.05, 3.63) is 49.6 Å². The van der Waals surface area contributed by atoms with Crippen molar-refractivity contribution in [3.63, 3.8) is 0 Å². The zero-order chi connectivity index (χ0) is 13.1. The molecule has 2 aromatic rings. The Bertz CT molecular complexity index is 580. The lowest BCUT2D eigenvalue weighted by atomic mass is 10.2. The first kappa shape index (κ1) is 13.6. The fraction of sp³-hybridized carbons (Fsp3) is 0.154. The fourth-order valence-corrected chi connectivity index (χ4v) is 2.82. The summed E-state index contributed by atoms with van der Waals surface area (Å²) in [6, 6.07) is 8.98. The average Bonchev–Trinajstić information content (AvgIpc) is 2.77. The predicted molar refractivity (Wildman–Crippen MR) is 78.0 cm³/mol. The Hall–Kier alpha value is -0.840. The number of hydrogen-bond acceptors (Lipinski definition) is 3. The van der Waals surface area contributed by atoms with Gasteiger partial charge in [-0.1, -0.05) is 11.6 Å². The van der Waals surface area contributed by atoms with E-state index < -0.39 is 0 Å². The normalized spacial score (nSPS) is 10.4. The minimum atomic E-state index is -0.0293. The highest BCUT2D eigenvalue weighted by molar-refractivity contribution is 9.11. The van der Waals surface area contributed by atoms with Crippen molar-refractivity contribution < 1.29 is 9.53 Å². The maximum Gasteiger partial charge on any atom is 0.210 e. The second-order valence-corrected chi connectivity index (χ2v) is 6.60. The van der Waals surface area contributed by atoms with Crippen LogP contribution in [-0.4, -0.2) is 12.4 Å². The molecule has 1 aromatic carbocycles. The molecule has 0 radical (unpaired) electrons. The Morgan fingerprint density at radius 3 is 2.78 bits per heavy atom. The minimum Gasteiger partial charge on any atom is -0.485 e. The highest BCUT2D eigenvalue weighted by Crippen LogP contribution is 2.24. The van der Waals surface area contributed by atoms with Gasteiger partial charge in [-0.2, -0.15) is 0 Å². The van der Waals surface area contributed by atoms with Gasteiger partial charge >= 0.3 is 0 Å². The summed E-state index contributed by atoms with van der Waals surface area (Å²) in [6.45, 7) is 1.93. The van der Waals surface area contributed by atoms with Crippen LogP contribution in [-0.2, 0) is 0 Å². The molecule has 0 bridgehead atoms. The van der Waals surface area contributed by atoms with Gasteiger partial charge in [0, 0.05) is 5.02 Å². The third-order valence-corrected chi connectivity index (χ3v) is 4.44. The summed E-state index contributed by atoms with van der Waals surface area (Å²) in [4.78, 5) is 12.5. The maximum absolute atomic E-state index is 11.8. The van der Waals surface area contributed by atoms with Gasteiger partial charge in [-0.25, -0.2) is 0 Å².